The molecule has 166 valence electrons. The number of thioether (sulfide) groups is 1. The molecule has 1 aliphatic rings. The summed E-state index contributed by atoms with van der Waals surface area (Å²) in [6.45, 7) is 4.26. The predicted molar refractivity (Wildman–Crippen MR) is 123 cm³/mol. The number of anilines is 1. The minimum absolute atomic E-state index is 0.0236. The number of nitro groups is 1. The summed E-state index contributed by atoms with van der Waals surface area (Å²) in [6.07, 6.45) is 2.56. The van der Waals surface area contributed by atoms with Gasteiger partial charge in [-0.25, -0.2) is 0 Å². The average molecular weight is 453 g/mol. The number of hydrogen-bond donors (Lipinski definition) is 0. The van der Waals surface area contributed by atoms with Crippen molar-refractivity contribution in [3.05, 3.63) is 70.5 Å². The van der Waals surface area contributed by atoms with E-state index in [1.807, 2.05) is 27.7 Å². The Morgan fingerprint density at radius 3 is 2.47 bits per heavy atom. The van der Waals surface area contributed by atoms with Crippen molar-refractivity contribution >= 4 is 29.0 Å². The van der Waals surface area contributed by atoms with Crippen molar-refractivity contribution < 1.29 is 9.72 Å². The summed E-state index contributed by atoms with van der Waals surface area (Å²) in [5.74, 6) is 0.286. The zero-order valence-corrected chi connectivity index (χ0v) is 18.6. The van der Waals surface area contributed by atoms with Crippen LogP contribution in [0.2, 0.25) is 0 Å². The molecule has 32 heavy (non-hydrogen) atoms. The van der Waals surface area contributed by atoms with E-state index in [4.69, 9.17) is 0 Å². The fraction of sp³-hybridized carbons (Fsp3) is 0.318. The lowest BCUT2D eigenvalue weighted by Gasteiger charge is -2.35. The predicted octanol–water partition coefficient (Wildman–Crippen LogP) is 3.18. The van der Waals surface area contributed by atoms with Crippen molar-refractivity contribution in [1.82, 2.24) is 19.7 Å². The van der Waals surface area contributed by atoms with E-state index in [2.05, 4.69) is 23.2 Å². The number of carbonyl (C=O) groups excluding carboxylic acids is 1. The monoisotopic (exact) mass is 452 g/mol. The first kappa shape index (κ1) is 21.8. The lowest BCUT2D eigenvalue weighted by molar-refractivity contribution is -0.384. The Balaban J connectivity index is 1.36. The summed E-state index contributed by atoms with van der Waals surface area (Å²) < 4.78 is 1.92. The molecule has 2 heterocycles. The van der Waals surface area contributed by atoms with Crippen LogP contribution in [-0.2, 0) is 11.2 Å². The summed E-state index contributed by atoms with van der Waals surface area (Å²) in [7, 11) is 0. The molecule has 9 nitrogen and oxygen atoms in total. The molecular weight excluding hydrogens is 428 g/mol. The van der Waals surface area contributed by atoms with Gasteiger partial charge in [0.05, 0.1) is 16.4 Å². The van der Waals surface area contributed by atoms with Gasteiger partial charge in [-0.15, -0.1) is 10.2 Å². The first-order valence-electron chi connectivity index (χ1n) is 10.5. The summed E-state index contributed by atoms with van der Waals surface area (Å²) in [5, 5.41) is 20.2. The number of amides is 1. The number of nitro benzene ring substituents is 1. The maximum absolute atomic E-state index is 12.8. The van der Waals surface area contributed by atoms with Crippen LogP contribution in [-0.4, -0.2) is 62.4 Å². The van der Waals surface area contributed by atoms with Gasteiger partial charge in [0.25, 0.3) is 5.69 Å². The van der Waals surface area contributed by atoms with E-state index in [0.29, 0.717) is 37.0 Å². The van der Waals surface area contributed by atoms with E-state index in [-0.39, 0.29) is 22.3 Å². The maximum Gasteiger partial charge on any atom is 0.292 e. The summed E-state index contributed by atoms with van der Waals surface area (Å²) in [5.41, 5.74) is 2.90. The Morgan fingerprint density at radius 2 is 1.75 bits per heavy atom. The number of rotatable bonds is 7. The second kappa shape index (κ2) is 9.82. The SMILES string of the molecule is CCc1ccccc1-n1cnnc1SCC(=O)N1CCN(c2ccccc2[N+](=O)[O-])CC1. The highest BCUT2D eigenvalue weighted by molar-refractivity contribution is 7.99. The van der Waals surface area contributed by atoms with Gasteiger partial charge in [0, 0.05) is 32.2 Å². The van der Waals surface area contributed by atoms with Crippen LogP contribution in [0.25, 0.3) is 5.69 Å². The van der Waals surface area contributed by atoms with Crippen molar-refractivity contribution in [2.24, 2.45) is 0 Å². The van der Waals surface area contributed by atoms with E-state index in [1.165, 1.54) is 23.4 Å². The van der Waals surface area contributed by atoms with E-state index in [9.17, 15) is 14.9 Å². The molecule has 3 aromatic rings. The second-order valence-electron chi connectivity index (χ2n) is 7.37. The molecule has 2 aromatic carbocycles. The smallest absolute Gasteiger partial charge is 0.292 e. The van der Waals surface area contributed by atoms with E-state index < -0.39 is 0 Å². The largest absolute Gasteiger partial charge is 0.362 e. The fourth-order valence-corrected chi connectivity index (χ4v) is 4.66. The molecule has 0 aliphatic carbocycles. The maximum atomic E-state index is 12.8. The van der Waals surface area contributed by atoms with Gasteiger partial charge in [0.15, 0.2) is 5.16 Å². The third-order valence-corrected chi connectivity index (χ3v) is 6.45. The number of aryl methyl sites for hydroxylation is 1. The van der Waals surface area contributed by atoms with Gasteiger partial charge in [-0.1, -0.05) is 49.0 Å². The standard InChI is InChI=1S/C22H24N6O3S/c1-2-17-7-3-4-8-18(17)27-16-23-24-22(27)32-15-21(29)26-13-11-25(12-14-26)19-9-5-6-10-20(19)28(30)31/h3-10,16H,2,11-15H2,1H3. The van der Waals surface area contributed by atoms with Crippen LogP contribution in [0.4, 0.5) is 11.4 Å². The normalized spacial score (nSPS) is 13.9. The van der Waals surface area contributed by atoms with Crippen LogP contribution < -0.4 is 4.90 Å². The van der Waals surface area contributed by atoms with Gasteiger partial charge >= 0.3 is 0 Å². The van der Waals surface area contributed by atoms with Gasteiger partial charge in [0.2, 0.25) is 5.91 Å². The van der Waals surface area contributed by atoms with Gasteiger partial charge in [0.1, 0.15) is 12.0 Å². The number of nitrogens with zero attached hydrogens (tertiary/aromatic N) is 6. The molecule has 1 amide bonds. The van der Waals surface area contributed by atoms with Gasteiger partial charge in [-0.05, 0) is 24.1 Å². The minimum atomic E-state index is -0.365. The van der Waals surface area contributed by atoms with Crippen LogP contribution in [0.3, 0.4) is 0 Å². The molecule has 4 rings (SSSR count). The van der Waals surface area contributed by atoms with Crippen LogP contribution in [0.15, 0.2) is 60.0 Å². The number of piperazine rings is 1. The molecule has 10 heteroatoms. The van der Waals surface area contributed by atoms with Crippen LogP contribution in [0, 0.1) is 10.1 Å². The zero-order chi connectivity index (χ0) is 22.5. The first-order chi connectivity index (χ1) is 15.6. The minimum Gasteiger partial charge on any atom is -0.362 e. The summed E-state index contributed by atoms with van der Waals surface area (Å²) >= 11 is 1.37. The van der Waals surface area contributed by atoms with Crippen molar-refractivity contribution in [2.75, 3.05) is 36.8 Å². The molecule has 0 N–H and O–H groups in total. The molecule has 1 aromatic heterocycles. The van der Waals surface area contributed by atoms with Crippen molar-refractivity contribution in [2.45, 2.75) is 18.5 Å². The van der Waals surface area contributed by atoms with Gasteiger partial charge in [-0.3, -0.25) is 19.5 Å². The first-order valence-corrected chi connectivity index (χ1v) is 11.4. The number of hydrogen-bond acceptors (Lipinski definition) is 7. The number of carbonyl (C=O) groups is 1. The van der Waals surface area contributed by atoms with E-state index >= 15 is 0 Å². The van der Waals surface area contributed by atoms with Gasteiger partial charge < -0.3 is 9.80 Å². The molecule has 1 fully saturated rings. The van der Waals surface area contributed by atoms with Crippen molar-refractivity contribution in [3.63, 3.8) is 0 Å². The molecule has 0 saturated carbocycles. The molecule has 0 spiro atoms. The molecule has 0 bridgehead atoms. The Labute approximate surface area is 190 Å². The zero-order valence-electron chi connectivity index (χ0n) is 17.8. The Bertz CT molecular complexity index is 1110. The molecular formula is C22H24N6O3S. The lowest BCUT2D eigenvalue weighted by Crippen LogP contribution is -2.49. The van der Waals surface area contributed by atoms with E-state index in [0.717, 1.165) is 12.1 Å². The van der Waals surface area contributed by atoms with Crippen LogP contribution in [0.1, 0.15) is 12.5 Å². The highest BCUT2D eigenvalue weighted by atomic mass is 32.2. The molecule has 1 saturated heterocycles. The average Bonchev–Trinajstić information content (AvgIpc) is 3.31. The number of para-hydroxylation sites is 3. The van der Waals surface area contributed by atoms with E-state index in [1.54, 1.807) is 29.4 Å². The third kappa shape index (κ3) is 4.59. The second-order valence-corrected chi connectivity index (χ2v) is 8.31. The summed E-state index contributed by atoms with van der Waals surface area (Å²) in [4.78, 5) is 27.5. The lowest BCUT2D eigenvalue weighted by atomic mass is 10.1. The Hall–Kier alpha value is -3.40. The summed E-state index contributed by atoms with van der Waals surface area (Å²) in [6, 6.07) is 14.8. The third-order valence-electron chi connectivity index (χ3n) is 5.52. The molecule has 0 radical (unpaired) electrons. The number of benzene rings is 2. The topological polar surface area (TPSA) is 97.4 Å². The quantitative estimate of drug-likeness (QED) is 0.308. The van der Waals surface area contributed by atoms with Crippen molar-refractivity contribution in [1.29, 1.82) is 0 Å². The van der Waals surface area contributed by atoms with Gasteiger partial charge in [-0.2, -0.15) is 0 Å². The van der Waals surface area contributed by atoms with Crippen molar-refractivity contribution in [3.8, 4) is 5.69 Å². The molecule has 0 unspecified atom stereocenters. The fourth-order valence-electron chi connectivity index (χ4n) is 3.83. The highest BCUT2D eigenvalue weighted by Gasteiger charge is 2.25. The van der Waals surface area contributed by atoms with Crippen LogP contribution in [0.5, 0.6) is 0 Å². The van der Waals surface area contributed by atoms with Crippen LogP contribution >= 0.6 is 11.8 Å². The molecule has 0 atom stereocenters. The molecule has 1 aliphatic heterocycles. The number of aromatic nitrogens is 3. The Morgan fingerprint density at radius 1 is 1.06 bits per heavy atom. The highest BCUT2D eigenvalue weighted by Crippen LogP contribution is 2.28. The Kier molecular flexibility index (Phi) is 6.69.